The fourth-order valence-electron chi connectivity index (χ4n) is 2.34. The van der Waals surface area contributed by atoms with Gasteiger partial charge in [-0.3, -0.25) is 0 Å². The molecule has 1 aliphatic rings. The average Bonchev–Trinajstić information content (AvgIpc) is 2.91. The van der Waals surface area contributed by atoms with Gasteiger partial charge in [0.25, 0.3) is 0 Å². The third kappa shape index (κ3) is 2.92. The van der Waals surface area contributed by atoms with E-state index in [4.69, 9.17) is 4.74 Å². The van der Waals surface area contributed by atoms with Gasteiger partial charge in [0.2, 0.25) is 10.0 Å². The molecule has 1 heterocycles. The molecule has 112 valence electrons. The van der Waals surface area contributed by atoms with E-state index >= 15 is 0 Å². The monoisotopic (exact) mass is 363 g/mol. The Balaban J connectivity index is 2.42. The van der Waals surface area contributed by atoms with Crippen molar-refractivity contribution in [2.75, 3.05) is 20.2 Å². The second kappa shape index (κ2) is 6.11. The predicted octanol–water partition coefficient (Wildman–Crippen LogP) is 1.66. The van der Waals surface area contributed by atoms with Crippen molar-refractivity contribution in [1.82, 2.24) is 4.31 Å². The van der Waals surface area contributed by atoms with Crippen LogP contribution in [0.3, 0.4) is 0 Å². The number of aliphatic hydroxyl groups is 1. The summed E-state index contributed by atoms with van der Waals surface area (Å²) in [6.07, 6.45) is 0.650. The fourth-order valence-corrected chi connectivity index (χ4v) is 4.85. The molecule has 0 bridgehead atoms. The van der Waals surface area contributed by atoms with Crippen molar-refractivity contribution in [3.05, 3.63) is 27.7 Å². The van der Waals surface area contributed by atoms with Gasteiger partial charge in [-0.05, 0) is 46.5 Å². The zero-order valence-corrected chi connectivity index (χ0v) is 13.9. The Morgan fingerprint density at radius 2 is 2.20 bits per heavy atom. The Bertz CT molecular complexity index is 603. The van der Waals surface area contributed by atoms with Crippen LogP contribution < -0.4 is 0 Å². The molecule has 1 aromatic rings. The maximum absolute atomic E-state index is 12.7. The Morgan fingerprint density at radius 1 is 1.50 bits per heavy atom. The highest BCUT2D eigenvalue weighted by Crippen LogP contribution is 2.31. The van der Waals surface area contributed by atoms with Crippen LogP contribution in [-0.2, 0) is 21.4 Å². The minimum Gasteiger partial charge on any atom is -0.392 e. The van der Waals surface area contributed by atoms with Gasteiger partial charge in [0, 0.05) is 24.7 Å². The van der Waals surface area contributed by atoms with Crippen LogP contribution >= 0.6 is 15.9 Å². The van der Waals surface area contributed by atoms with Gasteiger partial charge < -0.3 is 9.84 Å². The average molecular weight is 364 g/mol. The Kier molecular flexibility index (Phi) is 4.86. The molecule has 1 saturated heterocycles. The number of ether oxygens (including phenoxy) is 1. The topological polar surface area (TPSA) is 66.8 Å². The highest BCUT2D eigenvalue weighted by atomic mass is 79.9. The van der Waals surface area contributed by atoms with E-state index in [0.717, 1.165) is 5.56 Å². The first-order chi connectivity index (χ1) is 9.40. The van der Waals surface area contributed by atoms with E-state index in [-0.39, 0.29) is 17.6 Å². The predicted molar refractivity (Wildman–Crippen MR) is 79.0 cm³/mol. The van der Waals surface area contributed by atoms with E-state index in [1.165, 1.54) is 10.4 Å². The van der Waals surface area contributed by atoms with Crippen LogP contribution in [0.4, 0.5) is 0 Å². The third-order valence-electron chi connectivity index (χ3n) is 3.52. The van der Waals surface area contributed by atoms with Crippen molar-refractivity contribution in [2.24, 2.45) is 0 Å². The lowest BCUT2D eigenvalue weighted by Gasteiger charge is -2.18. The van der Waals surface area contributed by atoms with Crippen molar-refractivity contribution in [1.29, 1.82) is 0 Å². The van der Waals surface area contributed by atoms with Crippen LogP contribution in [0, 0.1) is 6.92 Å². The number of sulfonamides is 1. The van der Waals surface area contributed by atoms with Crippen LogP contribution in [0.5, 0.6) is 0 Å². The summed E-state index contributed by atoms with van der Waals surface area (Å²) in [5.74, 6) is 0. The smallest absolute Gasteiger partial charge is 0.244 e. The molecule has 0 spiro atoms. The van der Waals surface area contributed by atoms with Crippen molar-refractivity contribution in [3.63, 3.8) is 0 Å². The van der Waals surface area contributed by atoms with Crippen LogP contribution in [0.1, 0.15) is 17.5 Å². The molecular weight excluding hydrogens is 346 g/mol. The van der Waals surface area contributed by atoms with Crippen LogP contribution in [0.2, 0.25) is 0 Å². The number of rotatable bonds is 4. The molecule has 0 radical (unpaired) electrons. The summed E-state index contributed by atoms with van der Waals surface area (Å²) in [5.41, 5.74) is 1.38. The van der Waals surface area contributed by atoms with Crippen molar-refractivity contribution in [3.8, 4) is 0 Å². The van der Waals surface area contributed by atoms with Gasteiger partial charge in [0.1, 0.15) is 0 Å². The quantitative estimate of drug-likeness (QED) is 0.883. The fraction of sp³-hybridized carbons (Fsp3) is 0.538. The molecular formula is C13H18BrNO4S. The molecule has 1 aromatic carbocycles. The summed E-state index contributed by atoms with van der Waals surface area (Å²) in [7, 11) is -1.98. The Labute approximate surface area is 127 Å². The van der Waals surface area contributed by atoms with Gasteiger partial charge in [0.05, 0.1) is 17.6 Å². The second-order valence-electron chi connectivity index (χ2n) is 4.89. The van der Waals surface area contributed by atoms with E-state index in [1.54, 1.807) is 13.2 Å². The molecule has 1 unspecified atom stereocenters. The number of methoxy groups -OCH3 is 1. The van der Waals surface area contributed by atoms with Crippen LogP contribution in [-0.4, -0.2) is 44.1 Å². The molecule has 1 N–H and O–H groups in total. The third-order valence-corrected chi connectivity index (χ3v) is 6.73. The number of hydrogen-bond donors (Lipinski definition) is 1. The summed E-state index contributed by atoms with van der Waals surface area (Å²) < 4.78 is 32.6. The highest BCUT2D eigenvalue weighted by Gasteiger charge is 2.34. The van der Waals surface area contributed by atoms with E-state index in [2.05, 4.69) is 15.9 Å². The number of halogens is 1. The summed E-state index contributed by atoms with van der Waals surface area (Å²) in [6, 6.07) is 3.29. The summed E-state index contributed by atoms with van der Waals surface area (Å²) in [6.45, 7) is 2.45. The van der Waals surface area contributed by atoms with E-state index in [9.17, 15) is 13.5 Å². The van der Waals surface area contributed by atoms with Crippen LogP contribution in [0.15, 0.2) is 21.5 Å². The van der Waals surface area contributed by atoms with Gasteiger partial charge in [-0.2, -0.15) is 4.31 Å². The molecule has 0 aliphatic carbocycles. The number of aryl methyl sites for hydroxylation is 1. The summed E-state index contributed by atoms with van der Waals surface area (Å²) >= 11 is 3.34. The largest absolute Gasteiger partial charge is 0.392 e. The lowest BCUT2D eigenvalue weighted by molar-refractivity contribution is 0.115. The number of hydrogen-bond acceptors (Lipinski definition) is 4. The number of nitrogens with zero attached hydrogens (tertiary/aromatic N) is 1. The molecule has 2 rings (SSSR count). The molecule has 1 fully saturated rings. The van der Waals surface area contributed by atoms with Crippen molar-refractivity contribution < 1.29 is 18.3 Å². The maximum Gasteiger partial charge on any atom is 0.244 e. The van der Waals surface area contributed by atoms with E-state index < -0.39 is 10.0 Å². The molecule has 1 atom stereocenters. The molecule has 20 heavy (non-hydrogen) atoms. The second-order valence-corrected chi connectivity index (χ2v) is 7.59. The van der Waals surface area contributed by atoms with Crippen molar-refractivity contribution in [2.45, 2.75) is 31.0 Å². The van der Waals surface area contributed by atoms with Crippen LogP contribution in [0.25, 0.3) is 0 Å². The zero-order chi connectivity index (χ0) is 14.9. The first-order valence-electron chi connectivity index (χ1n) is 6.33. The van der Waals surface area contributed by atoms with Gasteiger partial charge in [0.15, 0.2) is 0 Å². The minimum atomic E-state index is -3.57. The zero-order valence-electron chi connectivity index (χ0n) is 11.5. The summed E-state index contributed by atoms with van der Waals surface area (Å²) in [5, 5.41) is 9.24. The number of aliphatic hydroxyl groups excluding tert-OH is 1. The molecule has 5 nitrogen and oxygen atoms in total. The normalized spacial score (nSPS) is 20.5. The Hall–Kier alpha value is -0.470. The first kappa shape index (κ1) is 15.9. The highest BCUT2D eigenvalue weighted by molar-refractivity contribution is 9.10. The molecule has 0 aromatic heterocycles. The minimum absolute atomic E-state index is 0.0503. The first-order valence-corrected chi connectivity index (χ1v) is 8.56. The lowest BCUT2D eigenvalue weighted by Crippen LogP contribution is -2.30. The van der Waals surface area contributed by atoms with Gasteiger partial charge in [-0.1, -0.05) is 6.07 Å². The molecule has 1 aliphatic heterocycles. The molecule has 0 saturated carbocycles. The maximum atomic E-state index is 12.7. The van der Waals surface area contributed by atoms with Crippen molar-refractivity contribution >= 4 is 26.0 Å². The van der Waals surface area contributed by atoms with E-state index in [0.29, 0.717) is 29.5 Å². The number of benzene rings is 1. The summed E-state index contributed by atoms with van der Waals surface area (Å²) in [4.78, 5) is 0.207. The standard InChI is InChI=1S/C13H18BrNO4S/c1-9-5-10(8-16)6-12(13(9)14)20(17,18)15-4-3-11(7-15)19-2/h5-6,11,16H,3-4,7-8H2,1-2H3. The van der Waals surface area contributed by atoms with Gasteiger partial charge in [-0.25, -0.2) is 8.42 Å². The van der Waals surface area contributed by atoms with Gasteiger partial charge >= 0.3 is 0 Å². The van der Waals surface area contributed by atoms with E-state index in [1.807, 2.05) is 6.92 Å². The Morgan fingerprint density at radius 3 is 2.75 bits per heavy atom. The SMILES string of the molecule is COC1CCN(S(=O)(=O)c2cc(CO)cc(C)c2Br)C1. The lowest BCUT2D eigenvalue weighted by atomic mass is 10.1. The molecule has 0 amide bonds. The van der Waals surface area contributed by atoms with Gasteiger partial charge in [-0.15, -0.1) is 0 Å². The molecule has 7 heteroatoms.